The van der Waals surface area contributed by atoms with Gasteiger partial charge in [-0.2, -0.15) is 0 Å². The number of nitrogens with one attached hydrogen (secondary N) is 2. The molecule has 0 heterocycles. The van der Waals surface area contributed by atoms with Gasteiger partial charge in [0.15, 0.2) is 11.5 Å². The van der Waals surface area contributed by atoms with Crippen LogP contribution in [-0.2, 0) is 6.54 Å². The molecule has 2 aromatic rings. The van der Waals surface area contributed by atoms with Crippen LogP contribution in [0, 0.1) is 10.1 Å². The average Bonchev–Trinajstić information content (AvgIpc) is 3.15. The van der Waals surface area contributed by atoms with Gasteiger partial charge in [-0.05, 0) is 36.6 Å². The summed E-state index contributed by atoms with van der Waals surface area (Å²) in [7, 11) is 0. The summed E-state index contributed by atoms with van der Waals surface area (Å²) in [5.41, 5.74) is 1.21. The van der Waals surface area contributed by atoms with E-state index in [2.05, 4.69) is 10.6 Å². The summed E-state index contributed by atoms with van der Waals surface area (Å²) in [6, 6.07) is 8.72. The number of amides is 1. The van der Waals surface area contributed by atoms with Crippen molar-refractivity contribution in [3.63, 3.8) is 0 Å². The van der Waals surface area contributed by atoms with Gasteiger partial charge in [-0.25, -0.2) is 0 Å². The number of phenols is 2. The molecule has 0 radical (unpaired) electrons. The number of phenolic OH excluding ortho intramolecular Hbond substituents is 2. The second-order valence-corrected chi connectivity index (χ2v) is 6.62. The van der Waals surface area contributed by atoms with Crippen molar-refractivity contribution >= 4 is 17.3 Å². The number of hydrogen-bond donors (Lipinski definition) is 4. The monoisotopic (exact) mass is 371 g/mol. The van der Waals surface area contributed by atoms with Crippen LogP contribution in [0.5, 0.6) is 11.5 Å². The molecule has 0 spiro atoms. The van der Waals surface area contributed by atoms with E-state index in [1.54, 1.807) is 12.1 Å². The summed E-state index contributed by atoms with van der Waals surface area (Å²) in [6.07, 6.45) is 4.25. The molecule has 1 aliphatic carbocycles. The quantitative estimate of drug-likeness (QED) is 0.351. The lowest BCUT2D eigenvalue weighted by molar-refractivity contribution is -0.384. The molecule has 1 saturated carbocycles. The number of non-ortho nitro benzene ring substituents is 1. The minimum Gasteiger partial charge on any atom is -0.504 e. The maximum absolute atomic E-state index is 12.7. The van der Waals surface area contributed by atoms with Crippen molar-refractivity contribution in [2.45, 2.75) is 38.3 Å². The zero-order valence-corrected chi connectivity index (χ0v) is 14.6. The largest absolute Gasteiger partial charge is 0.504 e. The lowest BCUT2D eigenvalue weighted by Gasteiger charge is -2.17. The second kappa shape index (κ2) is 7.94. The number of hydrogen-bond acceptors (Lipinski definition) is 6. The Balaban J connectivity index is 1.78. The highest BCUT2D eigenvalue weighted by Crippen LogP contribution is 2.28. The van der Waals surface area contributed by atoms with Crippen LogP contribution in [0.3, 0.4) is 0 Å². The molecule has 27 heavy (non-hydrogen) atoms. The van der Waals surface area contributed by atoms with E-state index >= 15 is 0 Å². The van der Waals surface area contributed by atoms with Crippen LogP contribution < -0.4 is 10.6 Å². The zero-order valence-electron chi connectivity index (χ0n) is 14.6. The Kier molecular flexibility index (Phi) is 5.44. The van der Waals surface area contributed by atoms with E-state index in [9.17, 15) is 25.1 Å². The normalized spacial score (nSPS) is 14.1. The van der Waals surface area contributed by atoms with Crippen LogP contribution in [0.2, 0.25) is 0 Å². The smallest absolute Gasteiger partial charge is 0.270 e. The molecule has 3 rings (SSSR count). The topological polar surface area (TPSA) is 125 Å². The van der Waals surface area contributed by atoms with Crippen molar-refractivity contribution in [2.75, 3.05) is 5.32 Å². The first kappa shape index (κ1) is 18.5. The first-order valence-electron chi connectivity index (χ1n) is 8.78. The van der Waals surface area contributed by atoms with Gasteiger partial charge in [0.1, 0.15) is 0 Å². The molecule has 0 atom stereocenters. The number of benzene rings is 2. The highest BCUT2D eigenvalue weighted by atomic mass is 16.6. The van der Waals surface area contributed by atoms with Crippen LogP contribution in [0.25, 0.3) is 0 Å². The van der Waals surface area contributed by atoms with E-state index in [1.807, 2.05) is 0 Å². The predicted molar refractivity (Wildman–Crippen MR) is 99.9 cm³/mol. The van der Waals surface area contributed by atoms with E-state index in [0.29, 0.717) is 11.3 Å². The number of nitrogens with zero attached hydrogens (tertiary/aromatic N) is 1. The van der Waals surface area contributed by atoms with Gasteiger partial charge in [0, 0.05) is 30.4 Å². The standard InChI is InChI=1S/C19H21N3O5/c23-17-8-5-12(9-18(17)24)11-20-19(25)15-10-14(22(26)27)6-7-16(15)21-13-3-1-2-4-13/h5-10,13,21,23-24H,1-4,11H2,(H,20,25). The maximum atomic E-state index is 12.7. The van der Waals surface area contributed by atoms with Crippen molar-refractivity contribution in [2.24, 2.45) is 0 Å². The van der Waals surface area contributed by atoms with Crippen molar-refractivity contribution in [3.05, 3.63) is 57.6 Å². The molecule has 0 unspecified atom stereocenters. The molecule has 1 aliphatic rings. The van der Waals surface area contributed by atoms with Gasteiger partial charge in [0.05, 0.1) is 10.5 Å². The Hall–Kier alpha value is -3.29. The summed E-state index contributed by atoms with van der Waals surface area (Å²) in [6.45, 7) is 0.109. The predicted octanol–water partition coefficient (Wildman–Crippen LogP) is 3.29. The number of aromatic hydroxyl groups is 2. The fourth-order valence-electron chi connectivity index (χ4n) is 3.21. The number of carbonyl (C=O) groups excluding carboxylic acids is 1. The van der Waals surface area contributed by atoms with E-state index in [1.165, 1.54) is 24.3 Å². The van der Waals surface area contributed by atoms with Crippen molar-refractivity contribution in [1.29, 1.82) is 0 Å². The van der Waals surface area contributed by atoms with Crippen LogP contribution in [-0.4, -0.2) is 27.1 Å². The third-order valence-electron chi connectivity index (χ3n) is 4.67. The number of rotatable bonds is 6. The molecule has 2 aromatic carbocycles. The van der Waals surface area contributed by atoms with Crippen LogP contribution in [0.1, 0.15) is 41.6 Å². The summed E-state index contributed by atoms with van der Waals surface area (Å²) in [5, 5.41) is 36.0. The molecule has 0 saturated heterocycles. The minimum absolute atomic E-state index is 0.109. The average molecular weight is 371 g/mol. The van der Waals surface area contributed by atoms with E-state index in [0.717, 1.165) is 25.7 Å². The van der Waals surface area contributed by atoms with Gasteiger partial charge in [-0.3, -0.25) is 14.9 Å². The number of nitro benzene ring substituents is 1. The molecule has 8 heteroatoms. The summed E-state index contributed by atoms with van der Waals surface area (Å²) in [4.78, 5) is 23.2. The molecular formula is C19H21N3O5. The minimum atomic E-state index is -0.534. The number of nitro groups is 1. The molecule has 1 amide bonds. The third-order valence-corrected chi connectivity index (χ3v) is 4.67. The van der Waals surface area contributed by atoms with Crippen molar-refractivity contribution in [3.8, 4) is 11.5 Å². The van der Waals surface area contributed by atoms with Crippen LogP contribution >= 0.6 is 0 Å². The highest BCUT2D eigenvalue weighted by Gasteiger charge is 2.21. The summed E-state index contributed by atoms with van der Waals surface area (Å²) >= 11 is 0. The van der Waals surface area contributed by atoms with Crippen LogP contribution in [0.15, 0.2) is 36.4 Å². The Morgan fingerprint density at radius 3 is 2.52 bits per heavy atom. The first-order valence-corrected chi connectivity index (χ1v) is 8.78. The number of anilines is 1. The van der Waals surface area contributed by atoms with Crippen molar-refractivity contribution in [1.82, 2.24) is 5.32 Å². The van der Waals surface area contributed by atoms with E-state index in [4.69, 9.17) is 0 Å². The molecule has 0 aromatic heterocycles. The van der Waals surface area contributed by atoms with Gasteiger partial charge in [0.25, 0.3) is 11.6 Å². The summed E-state index contributed by atoms with van der Waals surface area (Å²) < 4.78 is 0. The fourth-order valence-corrected chi connectivity index (χ4v) is 3.21. The van der Waals surface area contributed by atoms with E-state index < -0.39 is 10.8 Å². The SMILES string of the molecule is O=C(NCc1ccc(O)c(O)c1)c1cc([N+](=O)[O-])ccc1NC1CCCC1. The molecule has 1 fully saturated rings. The van der Waals surface area contributed by atoms with E-state index in [-0.39, 0.29) is 35.3 Å². The zero-order chi connectivity index (χ0) is 19.4. The van der Waals surface area contributed by atoms with Crippen molar-refractivity contribution < 1.29 is 19.9 Å². The molecule has 8 nitrogen and oxygen atoms in total. The maximum Gasteiger partial charge on any atom is 0.270 e. The Morgan fingerprint density at radius 1 is 1.11 bits per heavy atom. The highest BCUT2D eigenvalue weighted by molar-refractivity contribution is 6.00. The molecular weight excluding hydrogens is 350 g/mol. The first-order chi connectivity index (χ1) is 12.9. The van der Waals surface area contributed by atoms with Gasteiger partial charge in [-0.1, -0.05) is 18.9 Å². The molecule has 4 N–H and O–H groups in total. The summed E-state index contributed by atoms with van der Waals surface area (Å²) in [5.74, 6) is -0.973. The Bertz CT molecular complexity index is 862. The Labute approximate surface area is 156 Å². The van der Waals surface area contributed by atoms with Gasteiger partial charge < -0.3 is 20.8 Å². The lowest BCUT2D eigenvalue weighted by Crippen LogP contribution is -2.25. The second-order valence-electron chi connectivity index (χ2n) is 6.62. The van der Waals surface area contributed by atoms with Crippen LogP contribution in [0.4, 0.5) is 11.4 Å². The molecule has 142 valence electrons. The molecule has 0 bridgehead atoms. The fraction of sp³-hybridized carbons (Fsp3) is 0.316. The van der Waals surface area contributed by atoms with Gasteiger partial charge in [0.2, 0.25) is 0 Å². The lowest BCUT2D eigenvalue weighted by atomic mass is 10.1. The Morgan fingerprint density at radius 2 is 1.85 bits per heavy atom. The third kappa shape index (κ3) is 4.46. The number of carbonyl (C=O) groups is 1. The van der Waals surface area contributed by atoms with Gasteiger partial charge >= 0.3 is 0 Å². The molecule has 0 aliphatic heterocycles. The van der Waals surface area contributed by atoms with Gasteiger partial charge in [-0.15, -0.1) is 0 Å².